The maximum Gasteiger partial charge on any atom is 0.161 e. The van der Waals surface area contributed by atoms with Crippen molar-refractivity contribution in [1.29, 1.82) is 0 Å². The molecule has 0 saturated carbocycles. The maximum absolute atomic E-state index is 5.56. The molecule has 0 spiro atoms. The molecule has 0 saturated heterocycles. The van der Waals surface area contributed by atoms with E-state index < -0.39 is 0 Å². The summed E-state index contributed by atoms with van der Waals surface area (Å²) in [6, 6.07) is 1.34. The number of unbranched alkanes of at least 4 members (excludes halogenated alkanes) is 1. The van der Waals surface area contributed by atoms with Gasteiger partial charge in [0.25, 0.3) is 0 Å². The molecule has 1 nitrogen and oxygen atoms in total. The van der Waals surface area contributed by atoms with Crippen molar-refractivity contribution in [2.75, 3.05) is 6.61 Å². The maximum atomic E-state index is 5.56. The first kappa shape index (κ1) is 11.9. The van der Waals surface area contributed by atoms with Gasteiger partial charge in [0.1, 0.15) is 0 Å². The van der Waals surface area contributed by atoms with Crippen LogP contribution in [0.4, 0.5) is 0 Å². The molecule has 0 heterocycles. The monoisotopic (exact) mass is 186 g/mol. The van der Waals surface area contributed by atoms with Crippen LogP contribution in [-0.4, -0.2) is 16.4 Å². The van der Waals surface area contributed by atoms with Gasteiger partial charge in [-0.1, -0.05) is 32.4 Å². The van der Waals surface area contributed by atoms with E-state index in [1.807, 2.05) is 0 Å². The van der Waals surface area contributed by atoms with Gasteiger partial charge in [0.2, 0.25) is 0 Å². The SMILES string of the molecule is CCC=CCCCO[SiH2]CCC. The number of hydrogen-bond donors (Lipinski definition) is 0. The molecule has 0 aromatic heterocycles. The summed E-state index contributed by atoms with van der Waals surface area (Å²) in [5.41, 5.74) is 0. The average molecular weight is 186 g/mol. The summed E-state index contributed by atoms with van der Waals surface area (Å²) in [6.45, 7) is 5.38. The number of allylic oxidation sites excluding steroid dienone is 2. The van der Waals surface area contributed by atoms with Crippen LogP contribution in [0.2, 0.25) is 6.04 Å². The fraction of sp³-hybridized carbons (Fsp3) is 0.800. The minimum atomic E-state index is -0.152. The summed E-state index contributed by atoms with van der Waals surface area (Å²) in [6.07, 6.45) is 9.32. The Balaban J connectivity index is 2.86. The van der Waals surface area contributed by atoms with Gasteiger partial charge in [0.15, 0.2) is 9.76 Å². The van der Waals surface area contributed by atoms with Gasteiger partial charge < -0.3 is 4.43 Å². The van der Waals surface area contributed by atoms with E-state index in [1.54, 1.807) is 0 Å². The van der Waals surface area contributed by atoms with Crippen molar-refractivity contribution in [2.24, 2.45) is 0 Å². The summed E-state index contributed by atoms with van der Waals surface area (Å²) in [4.78, 5) is 0. The smallest absolute Gasteiger partial charge is 0.161 e. The van der Waals surface area contributed by atoms with Crippen molar-refractivity contribution in [3.05, 3.63) is 12.2 Å². The highest BCUT2D eigenvalue weighted by Gasteiger charge is 1.87. The number of rotatable bonds is 8. The Morgan fingerprint density at radius 3 is 2.75 bits per heavy atom. The molecule has 0 aliphatic heterocycles. The van der Waals surface area contributed by atoms with E-state index in [0.29, 0.717) is 0 Å². The molecule has 0 aliphatic carbocycles. The molecule has 0 atom stereocenters. The zero-order valence-electron chi connectivity index (χ0n) is 8.51. The zero-order valence-corrected chi connectivity index (χ0v) is 9.93. The van der Waals surface area contributed by atoms with Gasteiger partial charge >= 0.3 is 0 Å². The number of hydrogen-bond acceptors (Lipinski definition) is 1. The van der Waals surface area contributed by atoms with Crippen molar-refractivity contribution >= 4 is 9.76 Å². The van der Waals surface area contributed by atoms with E-state index in [2.05, 4.69) is 26.0 Å². The molecule has 0 N–H and O–H groups in total. The normalized spacial score (nSPS) is 12.2. The molecule has 0 radical (unpaired) electrons. The lowest BCUT2D eigenvalue weighted by Gasteiger charge is -2.00. The molecule has 12 heavy (non-hydrogen) atoms. The first-order chi connectivity index (χ1) is 5.91. The Labute approximate surface area is 79.1 Å². The molecule has 0 amide bonds. The molecule has 0 aliphatic rings. The topological polar surface area (TPSA) is 9.23 Å². The fourth-order valence-corrected chi connectivity index (χ4v) is 1.84. The highest BCUT2D eigenvalue weighted by atomic mass is 28.2. The van der Waals surface area contributed by atoms with Crippen LogP contribution in [0.3, 0.4) is 0 Å². The first-order valence-corrected chi connectivity index (χ1v) is 6.72. The standard InChI is InChI=1S/C10H22OSi/c1-3-5-6-7-8-9-11-12-10-4-2/h5-6H,3-4,7-10,12H2,1-2H3. The van der Waals surface area contributed by atoms with Crippen LogP contribution in [-0.2, 0) is 4.43 Å². The van der Waals surface area contributed by atoms with Crippen molar-refractivity contribution in [3.8, 4) is 0 Å². The van der Waals surface area contributed by atoms with Crippen molar-refractivity contribution in [2.45, 2.75) is 45.6 Å². The molecule has 0 aromatic carbocycles. The summed E-state index contributed by atoms with van der Waals surface area (Å²) >= 11 is 0. The molecule has 0 fully saturated rings. The Kier molecular flexibility index (Phi) is 10.8. The van der Waals surface area contributed by atoms with Crippen LogP contribution in [0, 0.1) is 0 Å². The largest absolute Gasteiger partial charge is 0.424 e. The van der Waals surface area contributed by atoms with Gasteiger partial charge in [-0.2, -0.15) is 0 Å². The highest BCUT2D eigenvalue weighted by molar-refractivity contribution is 6.26. The lowest BCUT2D eigenvalue weighted by Crippen LogP contribution is -1.99. The predicted molar refractivity (Wildman–Crippen MR) is 58.3 cm³/mol. The lowest BCUT2D eigenvalue weighted by atomic mass is 10.3. The van der Waals surface area contributed by atoms with Crippen molar-refractivity contribution in [1.82, 2.24) is 0 Å². The van der Waals surface area contributed by atoms with E-state index in [9.17, 15) is 0 Å². The van der Waals surface area contributed by atoms with Crippen LogP contribution in [0.1, 0.15) is 39.5 Å². The Bertz CT molecular complexity index is 102. The van der Waals surface area contributed by atoms with Gasteiger partial charge in [-0.25, -0.2) is 0 Å². The molecular weight excluding hydrogens is 164 g/mol. The molecule has 72 valence electrons. The second-order valence-corrected chi connectivity index (χ2v) is 4.51. The van der Waals surface area contributed by atoms with Crippen LogP contribution in [0.5, 0.6) is 0 Å². The highest BCUT2D eigenvalue weighted by Crippen LogP contribution is 1.94. The van der Waals surface area contributed by atoms with Crippen LogP contribution >= 0.6 is 0 Å². The lowest BCUT2D eigenvalue weighted by molar-refractivity contribution is 0.328. The third-order valence-electron chi connectivity index (χ3n) is 1.70. The summed E-state index contributed by atoms with van der Waals surface area (Å²) in [7, 11) is -0.152. The van der Waals surface area contributed by atoms with E-state index in [0.717, 1.165) is 13.0 Å². The minimum absolute atomic E-state index is 0.152. The molecule has 0 unspecified atom stereocenters. The Morgan fingerprint density at radius 2 is 2.08 bits per heavy atom. The Hall–Kier alpha value is -0.0831. The summed E-state index contributed by atoms with van der Waals surface area (Å²) in [5.74, 6) is 0. The van der Waals surface area contributed by atoms with Crippen LogP contribution in [0.15, 0.2) is 12.2 Å². The van der Waals surface area contributed by atoms with E-state index >= 15 is 0 Å². The molecule has 0 aromatic rings. The molecule has 2 heteroatoms. The van der Waals surface area contributed by atoms with Crippen LogP contribution < -0.4 is 0 Å². The van der Waals surface area contributed by atoms with Gasteiger partial charge in [0.05, 0.1) is 0 Å². The van der Waals surface area contributed by atoms with Gasteiger partial charge in [-0.15, -0.1) is 0 Å². The van der Waals surface area contributed by atoms with Gasteiger partial charge in [-0.05, 0) is 25.3 Å². The molecule has 0 rings (SSSR count). The van der Waals surface area contributed by atoms with E-state index in [1.165, 1.54) is 25.3 Å². The third-order valence-corrected chi connectivity index (χ3v) is 3.28. The second-order valence-electron chi connectivity index (χ2n) is 2.99. The van der Waals surface area contributed by atoms with E-state index in [4.69, 9.17) is 4.43 Å². The van der Waals surface area contributed by atoms with Gasteiger partial charge in [0, 0.05) is 6.61 Å². The fourth-order valence-electron chi connectivity index (χ4n) is 0.936. The average Bonchev–Trinajstić information content (AvgIpc) is 2.10. The quantitative estimate of drug-likeness (QED) is 0.322. The Morgan fingerprint density at radius 1 is 1.25 bits per heavy atom. The zero-order chi connectivity index (χ0) is 9.07. The van der Waals surface area contributed by atoms with Crippen LogP contribution in [0.25, 0.3) is 0 Å². The molecular formula is C10H22OSi. The van der Waals surface area contributed by atoms with Gasteiger partial charge in [-0.3, -0.25) is 0 Å². The van der Waals surface area contributed by atoms with Crippen molar-refractivity contribution in [3.63, 3.8) is 0 Å². The molecule has 0 bridgehead atoms. The van der Waals surface area contributed by atoms with Crippen molar-refractivity contribution < 1.29 is 4.43 Å². The minimum Gasteiger partial charge on any atom is -0.424 e. The summed E-state index contributed by atoms with van der Waals surface area (Å²) < 4.78 is 5.56. The first-order valence-electron chi connectivity index (χ1n) is 5.14. The second kappa shape index (κ2) is 10.9. The third kappa shape index (κ3) is 9.92. The summed E-state index contributed by atoms with van der Waals surface area (Å²) in [5, 5.41) is 0. The van der Waals surface area contributed by atoms with E-state index in [-0.39, 0.29) is 9.76 Å². The predicted octanol–water partition coefficient (Wildman–Crippen LogP) is 2.66.